The molecule has 30 heavy (non-hydrogen) atoms. The molecule has 1 amide bonds. The standard InChI is InChI=1S/C23H23FN2O3S/c24-20-9-11-21(12-10-20)30(28,29)26-14-4-13-25(15-16-26)23(27)17-19-7-3-6-18-5-1-2-8-22(18)19/h1-3,5-12H,4,13-17H2. The smallest absolute Gasteiger partial charge is 0.243 e. The van der Waals surface area contributed by atoms with Gasteiger partial charge in [-0.15, -0.1) is 0 Å². The molecule has 3 aromatic rings. The fraction of sp³-hybridized carbons (Fsp3) is 0.261. The monoisotopic (exact) mass is 426 g/mol. The molecule has 5 nitrogen and oxygen atoms in total. The van der Waals surface area contributed by atoms with Gasteiger partial charge in [0.05, 0.1) is 11.3 Å². The molecule has 4 rings (SSSR count). The van der Waals surface area contributed by atoms with Crippen LogP contribution in [0.2, 0.25) is 0 Å². The third-order valence-corrected chi connectivity index (χ3v) is 7.39. The molecule has 0 bridgehead atoms. The molecule has 156 valence electrons. The van der Waals surface area contributed by atoms with Crippen molar-refractivity contribution >= 4 is 26.7 Å². The molecule has 1 aliphatic rings. The quantitative estimate of drug-likeness (QED) is 0.642. The Morgan fingerprint density at radius 3 is 2.40 bits per heavy atom. The van der Waals surface area contributed by atoms with Gasteiger partial charge in [0.2, 0.25) is 15.9 Å². The lowest BCUT2D eigenvalue weighted by Crippen LogP contribution is -2.38. The van der Waals surface area contributed by atoms with E-state index >= 15 is 0 Å². The SMILES string of the molecule is O=C(Cc1cccc2ccccc12)N1CCCN(S(=O)(=O)c2ccc(F)cc2)CC1. The molecule has 0 unspecified atom stereocenters. The highest BCUT2D eigenvalue weighted by molar-refractivity contribution is 7.89. The Hall–Kier alpha value is -2.77. The van der Waals surface area contributed by atoms with Gasteiger partial charge in [0.1, 0.15) is 5.82 Å². The van der Waals surface area contributed by atoms with Crippen LogP contribution in [-0.4, -0.2) is 49.7 Å². The van der Waals surface area contributed by atoms with Gasteiger partial charge in [0.25, 0.3) is 0 Å². The van der Waals surface area contributed by atoms with Crippen LogP contribution in [0, 0.1) is 5.82 Å². The Morgan fingerprint density at radius 2 is 1.60 bits per heavy atom. The van der Waals surface area contributed by atoms with Crippen LogP contribution in [0.25, 0.3) is 10.8 Å². The number of halogens is 1. The molecule has 1 heterocycles. The first-order chi connectivity index (χ1) is 14.4. The molecule has 0 aliphatic carbocycles. The van der Waals surface area contributed by atoms with Gasteiger partial charge in [0.15, 0.2) is 0 Å². The zero-order chi connectivity index (χ0) is 21.1. The van der Waals surface area contributed by atoms with Crippen LogP contribution >= 0.6 is 0 Å². The summed E-state index contributed by atoms with van der Waals surface area (Å²) in [7, 11) is -3.71. The zero-order valence-electron chi connectivity index (χ0n) is 16.5. The topological polar surface area (TPSA) is 57.7 Å². The number of carbonyl (C=O) groups is 1. The lowest BCUT2D eigenvalue weighted by molar-refractivity contribution is -0.130. The van der Waals surface area contributed by atoms with Gasteiger partial charge in [-0.2, -0.15) is 4.31 Å². The van der Waals surface area contributed by atoms with Crippen molar-refractivity contribution in [2.24, 2.45) is 0 Å². The van der Waals surface area contributed by atoms with E-state index in [0.717, 1.165) is 28.5 Å². The van der Waals surface area contributed by atoms with Crippen LogP contribution in [0.3, 0.4) is 0 Å². The molecule has 0 radical (unpaired) electrons. The zero-order valence-corrected chi connectivity index (χ0v) is 17.3. The minimum Gasteiger partial charge on any atom is -0.341 e. The highest BCUT2D eigenvalue weighted by atomic mass is 32.2. The fourth-order valence-electron chi connectivity index (χ4n) is 3.86. The van der Waals surface area contributed by atoms with Gasteiger partial charge >= 0.3 is 0 Å². The summed E-state index contributed by atoms with van der Waals surface area (Å²) in [5.41, 5.74) is 0.970. The summed E-state index contributed by atoms with van der Waals surface area (Å²) in [5, 5.41) is 2.15. The number of carbonyl (C=O) groups excluding carboxylic acids is 1. The Bertz CT molecular complexity index is 1160. The van der Waals surface area contributed by atoms with E-state index in [1.807, 2.05) is 42.5 Å². The maximum atomic E-state index is 13.1. The average molecular weight is 427 g/mol. The number of hydrogen-bond acceptors (Lipinski definition) is 3. The lowest BCUT2D eigenvalue weighted by Gasteiger charge is -2.22. The number of hydrogen-bond donors (Lipinski definition) is 0. The third kappa shape index (κ3) is 4.22. The third-order valence-electron chi connectivity index (χ3n) is 5.48. The van der Waals surface area contributed by atoms with E-state index in [9.17, 15) is 17.6 Å². The van der Waals surface area contributed by atoms with Crippen LogP contribution in [-0.2, 0) is 21.2 Å². The molecule has 3 aromatic carbocycles. The molecule has 0 N–H and O–H groups in total. The molecular formula is C23H23FN2O3S. The van der Waals surface area contributed by atoms with Crippen molar-refractivity contribution in [2.75, 3.05) is 26.2 Å². The summed E-state index contributed by atoms with van der Waals surface area (Å²) in [6.07, 6.45) is 0.841. The van der Waals surface area contributed by atoms with Crippen molar-refractivity contribution in [1.29, 1.82) is 0 Å². The van der Waals surface area contributed by atoms with Crippen LogP contribution in [0.4, 0.5) is 4.39 Å². The largest absolute Gasteiger partial charge is 0.341 e. The molecule has 1 fully saturated rings. The first-order valence-electron chi connectivity index (χ1n) is 9.95. The van der Waals surface area contributed by atoms with Gasteiger partial charge < -0.3 is 4.90 Å². The summed E-state index contributed by atoms with van der Waals surface area (Å²) in [4.78, 5) is 14.8. The average Bonchev–Trinajstić information content (AvgIpc) is 3.01. The van der Waals surface area contributed by atoms with Crippen LogP contribution in [0.5, 0.6) is 0 Å². The molecule has 7 heteroatoms. The number of nitrogens with zero attached hydrogens (tertiary/aromatic N) is 2. The maximum Gasteiger partial charge on any atom is 0.243 e. The van der Waals surface area contributed by atoms with E-state index < -0.39 is 15.8 Å². The molecule has 0 atom stereocenters. The lowest BCUT2D eigenvalue weighted by atomic mass is 10.0. The summed E-state index contributed by atoms with van der Waals surface area (Å²) < 4.78 is 40.3. The molecule has 0 saturated carbocycles. The van der Waals surface area contributed by atoms with Crippen molar-refractivity contribution in [3.8, 4) is 0 Å². The second-order valence-corrected chi connectivity index (χ2v) is 9.35. The van der Waals surface area contributed by atoms with Crippen molar-refractivity contribution in [3.63, 3.8) is 0 Å². The first kappa shape index (κ1) is 20.5. The fourth-order valence-corrected chi connectivity index (χ4v) is 5.33. The van der Waals surface area contributed by atoms with Crippen molar-refractivity contribution < 1.29 is 17.6 Å². The Kier molecular flexibility index (Phi) is 5.83. The molecular weight excluding hydrogens is 403 g/mol. The van der Waals surface area contributed by atoms with Crippen LogP contribution in [0.15, 0.2) is 71.6 Å². The highest BCUT2D eigenvalue weighted by Crippen LogP contribution is 2.21. The number of fused-ring (bicyclic) bond motifs is 1. The molecule has 0 aromatic heterocycles. The molecule has 0 spiro atoms. The molecule has 1 saturated heterocycles. The first-order valence-corrected chi connectivity index (χ1v) is 11.4. The minimum absolute atomic E-state index is 0.00705. The van der Waals surface area contributed by atoms with Gasteiger partial charge in [-0.3, -0.25) is 4.79 Å². The normalized spacial score (nSPS) is 15.8. The number of sulfonamides is 1. The second kappa shape index (κ2) is 8.53. The number of rotatable bonds is 4. The van der Waals surface area contributed by atoms with E-state index in [1.165, 1.54) is 16.4 Å². The van der Waals surface area contributed by atoms with E-state index in [2.05, 4.69) is 0 Å². The van der Waals surface area contributed by atoms with Crippen LogP contribution in [0.1, 0.15) is 12.0 Å². The van der Waals surface area contributed by atoms with Crippen molar-refractivity contribution in [1.82, 2.24) is 9.21 Å². The van der Waals surface area contributed by atoms with E-state index in [1.54, 1.807) is 4.90 Å². The van der Waals surface area contributed by atoms with Crippen molar-refractivity contribution in [3.05, 3.63) is 78.1 Å². The Labute approximate surface area is 175 Å². The van der Waals surface area contributed by atoms with Gasteiger partial charge in [-0.25, -0.2) is 12.8 Å². The van der Waals surface area contributed by atoms with Gasteiger partial charge in [-0.1, -0.05) is 42.5 Å². The van der Waals surface area contributed by atoms with E-state index in [4.69, 9.17) is 0 Å². The van der Waals surface area contributed by atoms with Gasteiger partial charge in [-0.05, 0) is 47.0 Å². The van der Waals surface area contributed by atoms with E-state index in [-0.39, 0.29) is 23.8 Å². The van der Waals surface area contributed by atoms with Gasteiger partial charge in [0, 0.05) is 26.2 Å². The predicted molar refractivity (Wildman–Crippen MR) is 114 cm³/mol. The Balaban J connectivity index is 1.46. The summed E-state index contributed by atoms with van der Waals surface area (Å²) >= 11 is 0. The second-order valence-electron chi connectivity index (χ2n) is 7.41. The van der Waals surface area contributed by atoms with E-state index in [0.29, 0.717) is 26.1 Å². The number of amides is 1. The summed E-state index contributed by atoms with van der Waals surface area (Å²) in [6, 6.07) is 18.7. The Morgan fingerprint density at radius 1 is 0.867 bits per heavy atom. The molecule has 1 aliphatic heterocycles. The number of benzene rings is 3. The van der Waals surface area contributed by atoms with Crippen molar-refractivity contribution in [2.45, 2.75) is 17.7 Å². The predicted octanol–water partition coefficient (Wildman–Crippen LogP) is 3.44. The summed E-state index contributed by atoms with van der Waals surface area (Å²) in [5.74, 6) is -0.484. The minimum atomic E-state index is -3.71. The maximum absolute atomic E-state index is 13.1. The highest BCUT2D eigenvalue weighted by Gasteiger charge is 2.28. The van der Waals surface area contributed by atoms with Crippen LogP contribution < -0.4 is 0 Å². The summed E-state index contributed by atoms with van der Waals surface area (Å²) in [6.45, 7) is 1.40.